The summed E-state index contributed by atoms with van der Waals surface area (Å²) >= 11 is 0. The molecule has 0 unspecified atom stereocenters. The van der Waals surface area contributed by atoms with Crippen molar-refractivity contribution in [3.63, 3.8) is 0 Å². The predicted molar refractivity (Wildman–Crippen MR) is 111 cm³/mol. The summed E-state index contributed by atoms with van der Waals surface area (Å²) < 4.78 is 46.8. The number of hydrogen-bond acceptors (Lipinski definition) is 6. The first-order chi connectivity index (χ1) is 15.3. The fourth-order valence-electron chi connectivity index (χ4n) is 4.82. The first-order valence-corrected chi connectivity index (χ1v) is 10.8. The number of fused-ring (bicyclic) bond motifs is 1. The molecule has 1 saturated carbocycles. The Bertz CT molecular complexity index is 1090. The highest BCUT2D eigenvalue weighted by molar-refractivity contribution is 5.83. The molecule has 2 fully saturated rings. The summed E-state index contributed by atoms with van der Waals surface area (Å²) in [6.45, 7) is 3.76. The number of H-pyrrole nitrogens is 1. The first-order valence-electron chi connectivity index (χ1n) is 10.8. The van der Waals surface area contributed by atoms with Gasteiger partial charge in [0.15, 0.2) is 11.5 Å². The van der Waals surface area contributed by atoms with Gasteiger partial charge in [0.25, 0.3) is 0 Å². The number of aromatic amines is 1. The van der Waals surface area contributed by atoms with Gasteiger partial charge < -0.3 is 14.7 Å². The van der Waals surface area contributed by atoms with E-state index in [1.807, 2.05) is 13.0 Å². The van der Waals surface area contributed by atoms with E-state index in [-0.39, 0.29) is 31.7 Å². The molecule has 3 aromatic heterocycles. The van der Waals surface area contributed by atoms with Crippen molar-refractivity contribution >= 4 is 16.9 Å². The molecule has 2 N–H and O–H groups in total. The molecule has 1 aliphatic heterocycles. The van der Waals surface area contributed by atoms with Gasteiger partial charge in [-0.05, 0) is 44.2 Å². The molecule has 8 nitrogen and oxygen atoms in total. The van der Waals surface area contributed by atoms with E-state index in [0.717, 1.165) is 0 Å². The van der Waals surface area contributed by atoms with Crippen LogP contribution in [0.4, 0.5) is 19.0 Å². The molecular formula is C21H25F3N6O2. The second-order valence-corrected chi connectivity index (χ2v) is 8.73. The Hall–Kier alpha value is -2.66. The van der Waals surface area contributed by atoms with Gasteiger partial charge in [-0.1, -0.05) is 0 Å². The topological polar surface area (TPSA) is 92.1 Å². The number of anilines is 1. The van der Waals surface area contributed by atoms with Crippen LogP contribution in [0.5, 0.6) is 0 Å². The van der Waals surface area contributed by atoms with Crippen molar-refractivity contribution in [1.29, 1.82) is 0 Å². The highest BCUT2D eigenvalue weighted by Gasteiger charge is 2.46. The van der Waals surface area contributed by atoms with Crippen molar-refractivity contribution in [2.75, 3.05) is 24.7 Å². The van der Waals surface area contributed by atoms with Crippen LogP contribution in [0.15, 0.2) is 24.5 Å². The molecule has 0 amide bonds. The van der Waals surface area contributed by atoms with E-state index in [0.29, 0.717) is 48.0 Å². The maximum atomic E-state index is 13.2. The highest BCUT2D eigenvalue weighted by atomic mass is 19.4. The Kier molecular flexibility index (Phi) is 5.12. The third kappa shape index (κ3) is 3.62. The number of hydrogen-bond donors (Lipinski definition) is 2. The second-order valence-electron chi connectivity index (χ2n) is 8.73. The van der Waals surface area contributed by atoms with Crippen LogP contribution in [0.1, 0.15) is 38.2 Å². The van der Waals surface area contributed by atoms with Gasteiger partial charge >= 0.3 is 6.18 Å². The lowest BCUT2D eigenvalue weighted by Crippen LogP contribution is -2.44. The maximum Gasteiger partial charge on any atom is 0.391 e. The summed E-state index contributed by atoms with van der Waals surface area (Å²) in [7, 11) is 0. The highest BCUT2D eigenvalue weighted by Crippen LogP contribution is 2.47. The number of nitrogens with one attached hydrogen (secondary N) is 1. The van der Waals surface area contributed by atoms with Crippen molar-refractivity contribution in [3.05, 3.63) is 30.1 Å². The quantitative estimate of drug-likeness (QED) is 0.636. The molecule has 2 aliphatic rings. The van der Waals surface area contributed by atoms with Crippen molar-refractivity contribution in [2.24, 2.45) is 5.92 Å². The average Bonchev–Trinajstić information content (AvgIpc) is 3.42. The number of halogens is 3. The number of morpholine rings is 1. The summed E-state index contributed by atoms with van der Waals surface area (Å²) in [6.07, 6.45) is -1.19. The zero-order chi connectivity index (χ0) is 22.5. The van der Waals surface area contributed by atoms with Crippen LogP contribution < -0.4 is 4.90 Å². The van der Waals surface area contributed by atoms with Gasteiger partial charge in [-0.25, -0.2) is 4.98 Å². The van der Waals surface area contributed by atoms with E-state index in [4.69, 9.17) is 9.72 Å². The van der Waals surface area contributed by atoms with Crippen LogP contribution in [0, 0.1) is 5.92 Å². The molecule has 1 saturated heterocycles. The van der Waals surface area contributed by atoms with Crippen molar-refractivity contribution < 1.29 is 23.0 Å². The Labute approximate surface area is 182 Å². The minimum absolute atomic E-state index is 0.0314. The van der Waals surface area contributed by atoms with Crippen LogP contribution in [0.2, 0.25) is 0 Å². The number of ether oxygens (including phenoxy) is 1. The normalized spacial score (nSPS) is 27.2. The molecule has 4 heterocycles. The Morgan fingerprint density at radius 2 is 2.06 bits per heavy atom. The number of aromatic nitrogens is 5. The van der Waals surface area contributed by atoms with Crippen LogP contribution in [-0.4, -0.2) is 62.0 Å². The van der Waals surface area contributed by atoms with E-state index in [1.54, 1.807) is 23.1 Å². The smallest absolute Gasteiger partial charge is 0.385 e. The molecule has 5 rings (SSSR count). The number of pyridine rings is 1. The van der Waals surface area contributed by atoms with Crippen molar-refractivity contribution in [1.82, 2.24) is 25.0 Å². The lowest BCUT2D eigenvalue weighted by Gasteiger charge is -2.39. The zero-order valence-electron chi connectivity index (χ0n) is 17.6. The molecule has 11 heteroatoms. The summed E-state index contributed by atoms with van der Waals surface area (Å²) in [6, 6.07) is 3.64. The monoisotopic (exact) mass is 450 g/mol. The third-order valence-corrected chi connectivity index (χ3v) is 6.68. The number of aliphatic hydroxyl groups is 1. The molecular weight excluding hydrogens is 425 g/mol. The molecule has 0 radical (unpaired) electrons. The van der Waals surface area contributed by atoms with Crippen molar-refractivity contribution in [3.8, 4) is 5.82 Å². The Balaban J connectivity index is 1.61. The lowest BCUT2D eigenvalue weighted by molar-refractivity contribution is -0.193. The van der Waals surface area contributed by atoms with E-state index in [1.165, 1.54) is 0 Å². The van der Waals surface area contributed by atoms with Crippen LogP contribution in [-0.2, 0) is 10.3 Å². The van der Waals surface area contributed by atoms with Gasteiger partial charge in [0, 0.05) is 18.0 Å². The number of alkyl halides is 3. The summed E-state index contributed by atoms with van der Waals surface area (Å²) in [5, 5.41) is 23.4. The molecule has 0 aromatic carbocycles. The van der Waals surface area contributed by atoms with E-state index < -0.39 is 17.7 Å². The number of nitrogens with zero attached hydrogens (tertiary/aromatic N) is 5. The molecule has 0 bridgehead atoms. The largest absolute Gasteiger partial charge is 0.391 e. The molecule has 0 spiro atoms. The SMILES string of the molecule is C[C@@H]1COCCN1c1cc(C2(O)CCC(C(F)(F)F)CC2)c2cnn(-c3ccn[nH]3)c2n1. The maximum absolute atomic E-state index is 13.2. The summed E-state index contributed by atoms with van der Waals surface area (Å²) in [5.41, 5.74) is -0.288. The van der Waals surface area contributed by atoms with Gasteiger partial charge in [0.1, 0.15) is 5.82 Å². The zero-order valence-corrected chi connectivity index (χ0v) is 17.6. The third-order valence-electron chi connectivity index (χ3n) is 6.68. The van der Waals surface area contributed by atoms with E-state index in [2.05, 4.69) is 20.2 Å². The van der Waals surface area contributed by atoms with Gasteiger partial charge in [-0.15, -0.1) is 0 Å². The molecule has 3 aromatic rings. The minimum atomic E-state index is -4.24. The first kappa shape index (κ1) is 21.2. The van der Waals surface area contributed by atoms with Crippen molar-refractivity contribution in [2.45, 2.75) is 50.4 Å². The van der Waals surface area contributed by atoms with Crippen LogP contribution in [0.3, 0.4) is 0 Å². The molecule has 1 aliphatic carbocycles. The van der Waals surface area contributed by atoms with Gasteiger partial charge in [-0.3, -0.25) is 5.10 Å². The summed E-state index contributed by atoms with van der Waals surface area (Å²) in [5.74, 6) is -0.124. The van der Waals surface area contributed by atoms with Crippen LogP contribution in [0.25, 0.3) is 16.9 Å². The van der Waals surface area contributed by atoms with Gasteiger partial charge in [0.05, 0.1) is 43.2 Å². The second kappa shape index (κ2) is 7.73. The number of rotatable bonds is 3. The predicted octanol–water partition coefficient (Wildman–Crippen LogP) is 3.31. The molecule has 1 atom stereocenters. The Morgan fingerprint density at radius 3 is 2.72 bits per heavy atom. The van der Waals surface area contributed by atoms with E-state index >= 15 is 0 Å². The Morgan fingerprint density at radius 1 is 1.28 bits per heavy atom. The summed E-state index contributed by atoms with van der Waals surface area (Å²) in [4.78, 5) is 6.94. The molecule has 32 heavy (non-hydrogen) atoms. The molecule has 172 valence electrons. The van der Waals surface area contributed by atoms with E-state index in [9.17, 15) is 18.3 Å². The fourth-order valence-corrected chi connectivity index (χ4v) is 4.82. The average molecular weight is 450 g/mol. The van der Waals surface area contributed by atoms with Crippen LogP contribution >= 0.6 is 0 Å². The lowest BCUT2D eigenvalue weighted by atomic mass is 9.74. The fraction of sp³-hybridized carbons (Fsp3) is 0.571. The minimum Gasteiger partial charge on any atom is -0.385 e. The van der Waals surface area contributed by atoms with Gasteiger partial charge in [-0.2, -0.15) is 28.1 Å². The van der Waals surface area contributed by atoms with Gasteiger partial charge in [0.2, 0.25) is 0 Å². The standard InChI is InChI=1S/C21H25F3N6O2/c1-13-12-32-9-8-29(13)18-10-16(20(31)5-2-14(3-6-20)21(22,23)24)15-11-26-30(19(15)27-18)17-4-7-25-28-17/h4,7,10-11,13-14,31H,2-3,5-6,8-9,12H2,1H3,(H,25,28)/t13-,14?,20?/m1/s1.